The molecule has 4 aromatic rings. The number of carbonyl (C=O) groups excluding carboxylic acids is 1. The fraction of sp³-hybridized carbons (Fsp3) is 0.214. The van der Waals surface area contributed by atoms with E-state index in [4.69, 9.17) is 14.5 Å². The number of H-pyrrole nitrogens is 1. The van der Waals surface area contributed by atoms with Crippen LogP contribution in [0.15, 0.2) is 71.9 Å². The lowest BCUT2D eigenvalue weighted by atomic mass is 10.1. The molecule has 0 fully saturated rings. The van der Waals surface area contributed by atoms with Crippen LogP contribution in [-0.4, -0.2) is 37.6 Å². The number of ether oxygens (including phenoxy) is 2. The highest BCUT2D eigenvalue weighted by atomic mass is 16.5. The molecular formula is C28H30N4O3. The number of nitrogens with one attached hydrogen (secondary N) is 3. The Morgan fingerprint density at radius 3 is 2.31 bits per heavy atom. The van der Waals surface area contributed by atoms with Crippen molar-refractivity contribution in [2.75, 3.05) is 26.1 Å². The standard InChI is InChI=1S/C28H30N4O3/c1-18-11-19(2)13-22(12-18)31-28(29-10-9-20-17-30-26-8-6-5-7-25(20)26)32-27(33)21-14-23(34-3)16-24(15-21)35-4/h5-8,11-17,30H,9-10H2,1-4H3,(H2,29,31,32,33). The van der Waals surface area contributed by atoms with Crippen molar-refractivity contribution in [3.63, 3.8) is 0 Å². The molecule has 1 aromatic heterocycles. The number of aromatic nitrogens is 1. The Hall–Kier alpha value is -4.26. The maximum absolute atomic E-state index is 13.1. The number of rotatable bonds is 7. The molecule has 0 aliphatic heterocycles. The van der Waals surface area contributed by atoms with Gasteiger partial charge in [0.25, 0.3) is 5.91 Å². The molecule has 1 heterocycles. The number of anilines is 1. The number of aryl methyl sites for hydroxylation is 2. The van der Waals surface area contributed by atoms with Gasteiger partial charge in [0, 0.05) is 41.0 Å². The fourth-order valence-electron chi connectivity index (χ4n) is 4.04. The molecule has 0 bridgehead atoms. The normalized spacial score (nSPS) is 11.4. The number of amides is 1. The quantitative estimate of drug-likeness (QED) is 0.255. The molecule has 4 rings (SSSR count). The number of fused-ring (bicyclic) bond motifs is 1. The number of hydrogen-bond acceptors (Lipinski definition) is 4. The molecular weight excluding hydrogens is 440 g/mol. The third-order valence-corrected chi connectivity index (χ3v) is 5.66. The van der Waals surface area contributed by atoms with Gasteiger partial charge < -0.3 is 19.8 Å². The van der Waals surface area contributed by atoms with Gasteiger partial charge in [-0.25, -0.2) is 0 Å². The molecule has 7 nitrogen and oxygen atoms in total. The molecule has 0 radical (unpaired) electrons. The minimum absolute atomic E-state index is 0.315. The van der Waals surface area contributed by atoms with Crippen LogP contribution in [0.25, 0.3) is 10.9 Å². The Kier molecular flexibility index (Phi) is 7.35. The average Bonchev–Trinajstić information content (AvgIpc) is 3.26. The molecule has 1 amide bonds. The second-order valence-corrected chi connectivity index (χ2v) is 8.40. The van der Waals surface area contributed by atoms with Crippen molar-refractivity contribution in [1.29, 1.82) is 0 Å². The predicted octanol–water partition coefficient (Wildman–Crippen LogP) is 5.24. The average molecular weight is 471 g/mol. The molecule has 0 saturated heterocycles. The van der Waals surface area contributed by atoms with E-state index in [0.29, 0.717) is 29.6 Å². The first-order valence-electron chi connectivity index (χ1n) is 11.4. The number of aromatic amines is 1. The van der Waals surface area contributed by atoms with Gasteiger partial charge in [-0.2, -0.15) is 0 Å². The second-order valence-electron chi connectivity index (χ2n) is 8.40. The van der Waals surface area contributed by atoms with Crippen molar-refractivity contribution < 1.29 is 14.3 Å². The van der Waals surface area contributed by atoms with E-state index in [-0.39, 0.29) is 5.91 Å². The van der Waals surface area contributed by atoms with E-state index in [1.165, 1.54) is 10.9 Å². The summed E-state index contributed by atoms with van der Waals surface area (Å²) in [6.07, 6.45) is 2.74. The van der Waals surface area contributed by atoms with Crippen molar-refractivity contribution in [2.24, 2.45) is 4.99 Å². The maximum atomic E-state index is 13.1. The number of hydrogen-bond donors (Lipinski definition) is 3. The highest BCUT2D eigenvalue weighted by Crippen LogP contribution is 2.23. The molecule has 0 atom stereocenters. The van der Waals surface area contributed by atoms with Crippen LogP contribution in [0, 0.1) is 13.8 Å². The van der Waals surface area contributed by atoms with E-state index >= 15 is 0 Å². The van der Waals surface area contributed by atoms with E-state index in [1.807, 2.05) is 44.3 Å². The molecule has 0 unspecified atom stereocenters. The predicted molar refractivity (Wildman–Crippen MR) is 141 cm³/mol. The third-order valence-electron chi connectivity index (χ3n) is 5.66. The highest BCUT2D eigenvalue weighted by molar-refractivity contribution is 6.10. The van der Waals surface area contributed by atoms with Crippen molar-refractivity contribution in [3.05, 3.63) is 89.1 Å². The van der Waals surface area contributed by atoms with Crippen LogP contribution in [0.5, 0.6) is 11.5 Å². The van der Waals surface area contributed by atoms with Crippen molar-refractivity contribution in [2.45, 2.75) is 20.3 Å². The van der Waals surface area contributed by atoms with E-state index in [2.05, 4.69) is 33.8 Å². The Balaban J connectivity index is 1.57. The summed E-state index contributed by atoms with van der Waals surface area (Å²) in [5.41, 5.74) is 5.79. The van der Waals surface area contributed by atoms with Crippen LogP contribution in [0.1, 0.15) is 27.0 Å². The fourth-order valence-corrected chi connectivity index (χ4v) is 4.04. The van der Waals surface area contributed by atoms with Crippen LogP contribution in [-0.2, 0) is 6.42 Å². The summed E-state index contributed by atoms with van der Waals surface area (Å²) < 4.78 is 10.6. The molecule has 0 saturated carbocycles. The van der Waals surface area contributed by atoms with Gasteiger partial charge in [-0.05, 0) is 67.3 Å². The first-order chi connectivity index (χ1) is 16.9. The zero-order chi connectivity index (χ0) is 24.8. The van der Waals surface area contributed by atoms with Gasteiger partial charge in [0.1, 0.15) is 11.5 Å². The summed E-state index contributed by atoms with van der Waals surface area (Å²) in [6, 6.07) is 19.4. The summed E-state index contributed by atoms with van der Waals surface area (Å²) in [5.74, 6) is 1.13. The van der Waals surface area contributed by atoms with Crippen LogP contribution >= 0.6 is 0 Å². The molecule has 0 spiro atoms. The number of benzene rings is 3. The van der Waals surface area contributed by atoms with Crippen LogP contribution in [0.4, 0.5) is 5.69 Å². The largest absolute Gasteiger partial charge is 0.497 e. The lowest BCUT2D eigenvalue weighted by Crippen LogP contribution is -2.36. The summed E-state index contributed by atoms with van der Waals surface area (Å²) in [7, 11) is 3.10. The van der Waals surface area contributed by atoms with Crippen molar-refractivity contribution in [1.82, 2.24) is 10.3 Å². The number of para-hydroxylation sites is 1. The number of methoxy groups -OCH3 is 2. The summed E-state index contributed by atoms with van der Waals surface area (Å²) >= 11 is 0. The van der Waals surface area contributed by atoms with Gasteiger partial charge in [0.05, 0.1) is 14.2 Å². The highest BCUT2D eigenvalue weighted by Gasteiger charge is 2.13. The SMILES string of the molecule is COc1cc(OC)cc(C(=O)NC(=NCCc2c[nH]c3ccccc23)Nc2cc(C)cc(C)c2)c1. The number of nitrogens with zero attached hydrogens (tertiary/aromatic N) is 1. The lowest BCUT2D eigenvalue weighted by molar-refractivity contribution is 0.0976. The summed E-state index contributed by atoms with van der Waals surface area (Å²) in [5, 5.41) is 7.38. The van der Waals surface area contributed by atoms with Gasteiger partial charge >= 0.3 is 0 Å². The minimum atomic E-state index is -0.315. The van der Waals surface area contributed by atoms with E-state index in [1.54, 1.807) is 32.4 Å². The summed E-state index contributed by atoms with van der Waals surface area (Å²) in [4.78, 5) is 21.1. The van der Waals surface area contributed by atoms with Gasteiger partial charge in [-0.1, -0.05) is 24.3 Å². The monoisotopic (exact) mass is 470 g/mol. The third kappa shape index (κ3) is 6.00. The van der Waals surface area contributed by atoms with Crippen molar-refractivity contribution in [3.8, 4) is 11.5 Å². The topological polar surface area (TPSA) is 87.7 Å². The molecule has 7 heteroatoms. The van der Waals surface area contributed by atoms with Gasteiger partial charge in [-0.3, -0.25) is 15.1 Å². The first-order valence-corrected chi connectivity index (χ1v) is 11.4. The molecule has 0 aliphatic rings. The Morgan fingerprint density at radius 2 is 1.63 bits per heavy atom. The number of carbonyl (C=O) groups is 1. The number of guanidine groups is 1. The van der Waals surface area contributed by atoms with E-state index in [0.717, 1.165) is 28.8 Å². The van der Waals surface area contributed by atoms with Crippen LogP contribution in [0.2, 0.25) is 0 Å². The van der Waals surface area contributed by atoms with Crippen molar-refractivity contribution >= 4 is 28.5 Å². The summed E-state index contributed by atoms with van der Waals surface area (Å²) in [6.45, 7) is 4.57. The number of aliphatic imine (C=N–C) groups is 1. The van der Waals surface area contributed by atoms with Crippen LogP contribution in [0.3, 0.4) is 0 Å². The van der Waals surface area contributed by atoms with Gasteiger partial charge in [0.15, 0.2) is 0 Å². The molecule has 35 heavy (non-hydrogen) atoms. The smallest absolute Gasteiger partial charge is 0.258 e. The molecule has 3 aromatic carbocycles. The van der Waals surface area contributed by atoms with Crippen LogP contribution < -0.4 is 20.1 Å². The maximum Gasteiger partial charge on any atom is 0.258 e. The minimum Gasteiger partial charge on any atom is -0.497 e. The zero-order valence-corrected chi connectivity index (χ0v) is 20.4. The molecule has 0 aliphatic carbocycles. The lowest BCUT2D eigenvalue weighted by Gasteiger charge is -2.14. The van der Waals surface area contributed by atoms with Gasteiger partial charge in [0.2, 0.25) is 5.96 Å². The molecule has 3 N–H and O–H groups in total. The van der Waals surface area contributed by atoms with E-state index < -0.39 is 0 Å². The Labute approximate surface area is 205 Å². The second kappa shape index (κ2) is 10.8. The van der Waals surface area contributed by atoms with E-state index in [9.17, 15) is 4.79 Å². The first kappa shape index (κ1) is 23.9. The van der Waals surface area contributed by atoms with Gasteiger partial charge in [-0.15, -0.1) is 0 Å². The Morgan fingerprint density at radius 1 is 0.943 bits per heavy atom. The zero-order valence-electron chi connectivity index (χ0n) is 20.4. The molecule has 180 valence electrons. The Bertz CT molecular complexity index is 1330.